The number of carbonyl (C=O) groups excluding carboxylic acids is 1. The van der Waals surface area contributed by atoms with E-state index in [9.17, 15) is 4.79 Å². The summed E-state index contributed by atoms with van der Waals surface area (Å²) in [5.74, 6) is -0.614. The van der Waals surface area contributed by atoms with Gasteiger partial charge < -0.3 is 11.5 Å². The minimum absolute atomic E-state index is 0.212. The average molecular weight is 205 g/mol. The Kier molecular flexibility index (Phi) is 3.09. The van der Waals surface area contributed by atoms with Crippen LogP contribution in [0.1, 0.15) is 27.0 Å². The fourth-order valence-corrected chi connectivity index (χ4v) is 1.34. The van der Waals surface area contributed by atoms with Crippen LogP contribution in [-0.2, 0) is 0 Å². The molecule has 0 aliphatic carbocycles. The van der Waals surface area contributed by atoms with Crippen molar-refractivity contribution >= 4 is 11.9 Å². The van der Waals surface area contributed by atoms with Crippen molar-refractivity contribution in [3.63, 3.8) is 0 Å². The first kappa shape index (κ1) is 11.2. The number of aryl methyl sites for hydroxylation is 2. The quantitative estimate of drug-likeness (QED) is 0.530. The van der Waals surface area contributed by atoms with Crippen molar-refractivity contribution in [3.05, 3.63) is 34.4 Å². The third kappa shape index (κ3) is 2.56. The normalized spacial score (nSPS) is 9.80. The largest absolute Gasteiger partial charge is 0.370 e. The first-order chi connectivity index (χ1) is 6.91. The Morgan fingerprint density at radius 2 is 1.60 bits per heavy atom. The van der Waals surface area contributed by atoms with Crippen molar-refractivity contribution in [2.45, 2.75) is 20.8 Å². The van der Waals surface area contributed by atoms with E-state index in [0.29, 0.717) is 5.56 Å². The average Bonchev–Trinajstić information content (AvgIpc) is 2.12. The van der Waals surface area contributed by atoms with Crippen molar-refractivity contribution < 1.29 is 4.79 Å². The minimum Gasteiger partial charge on any atom is -0.370 e. The summed E-state index contributed by atoms with van der Waals surface area (Å²) in [6, 6.07) is 3.58. The maximum absolute atomic E-state index is 11.5. The van der Waals surface area contributed by atoms with Gasteiger partial charge >= 0.3 is 0 Å². The van der Waals surface area contributed by atoms with Crippen LogP contribution >= 0.6 is 0 Å². The number of amides is 1. The molecule has 0 bridgehead atoms. The van der Waals surface area contributed by atoms with Crippen LogP contribution in [0.5, 0.6) is 0 Å². The number of hydrogen-bond acceptors (Lipinski definition) is 1. The molecule has 0 aromatic heterocycles. The maximum atomic E-state index is 11.5. The molecule has 1 aromatic rings. The highest BCUT2D eigenvalue weighted by atomic mass is 16.1. The molecule has 0 unspecified atom stereocenters. The number of rotatable bonds is 1. The van der Waals surface area contributed by atoms with Crippen LogP contribution < -0.4 is 11.5 Å². The molecular weight excluding hydrogens is 190 g/mol. The lowest BCUT2D eigenvalue weighted by atomic mass is 10.0. The summed E-state index contributed by atoms with van der Waals surface area (Å²) in [5.41, 5.74) is 14.1. The van der Waals surface area contributed by atoms with Crippen LogP contribution in [0.25, 0.3) is 0 Å². The predicted octanol–water partition coefficient (Wildman–Crippen LogP) is 1.03. The van der Waals surface area contributed by atoms with Gasteiger partial charge in [-0.1, -0.05) is 0 Å². The van der Waals surface area contributed by atoms with E-state index in [4.69, 9.17) is 11.5 Å². The summed E-state index contributed by atoms with van der Waals surface area (Å²) in [5, 5.41) is 0. The van der Waals surface area contributed by atoms with E-state index in [0.717, 1.165) is 11.1 Å². The smallest absolute Gasteiger partial charge is 0.280 e. The summed E-state index contributed by atoms with van der Waals surface area (Å²) in [4.78, 5) is 15.0. The van der Waals surface area contributed by atoms with E-state index >= 15 is 0 Å². The Balaban J connectivity index is 3.18. The minimum atomic E-state index is -0.402. The Hall–Kier alpha value is -1.84. The fourth-order valence-electron chi connectivity index (χ4n) is 1.34. The van der Waals surface area contributed by atoms with Crippen molar-refractivity contribution in [1.82, 2.24) is 0 Å². The molecule has 0 spiro atoms. The molecule has 1 rings (SSSR count). The molecule has 80 valence electrons. The second-order valence-electron chi connectivity index (χ2n) is 3.58. The van der Waals surface area contributed by atoms with Crippen molar-refractivity contribution in [1.29, 1.82) is 0 Å². The zero-order valence-electron chi connectivity index (χ0n) is 9.16. The van der Waals surface area contributed by atoms with Gasteiger partial charge in [0.25, 0.3) is 5.91 Å². The highest BCUT2D eigenvalue weighted by molar-refractivity contribution is 6.02. The van der Waals surface area contributed by atoms with Gasteiger partial charge in [0.1, 0.15) is 0 Å². The predicted molar refractivity (Wildman–Crippen MR) is 60.8 cm³/mol. The standard InChI is InChI=1S/C11H15N3O/c1-6-4-9(5-7(2)8(6)3)10(15)14-11(12)13/h4-5H,1-3H3,(H4,12,13,14,15). The molecule has 0 atom stereocenters. The molecule has 4 nitrogen and oxygen atoms in total. The van der Waals surface area contributed by atoms with Gasteiger partial charge in [0, 0.05) is 5.56 Å². The third-order valence-corrected chi connectivity index (χ3v) is 2.40. The first-order valence-corrected chi connectivity index (χ1v) is 4.63. The SMILES string of the molecule is Cc1cc(C(=O)N=C(N)N)cc(C)c1C. The zero-order chi connectivity index (χ0) is 11.6. The fraction of sp³-hybridized carbons (Fsp3) is 0.273. The second-order valence-corrected chi connectivity index (χ2v) is 3.58. The number of benzene rings is 1. The lowest BCUT2D eigenvalue weighted by molar-refractivity contribution is 0.100. The Labute approximate surface area is 89.0 Å². The van der Waals surface area contributed by atoms with E-state index in [1.54, 1.807) is 12.1 Å². The van der Waals surface area contributed by atoms with Gasteiger partial charge in [0.2, 0.25) is 0 Å². The van der Waals surface area contributed by atoms with Crippen LogP contribution in [0.3, 0.4) is 0 Å². The van der Waals surface area contributed by atoms with Gasteiger partial charge in [-0.15, -0.1) is 0 Å². The first-order valence-electron chi connectivity index (χ1n) is 4.63. The Morgan fingerprint density at radius 1 is 1.13 bits per heavy atom. The van der Waals surface area contributed by atoms with Gasteiger partial charge in [-0.3, -0.25) is 4.79 Å². The maximum Gasteiger partial charge on any atom is 0.280 e. The number of carbonyl (C=O) groups is 1. The van der Waals surface area contributed by atoms with Crippen LogP contribution in [0.15, 0.2) is 17.1 Å². The number of aliphatic imine (C=N–C) groups is 1. The topological polar surface area (TPSA) is 81.5 Å². The summed E-state index contributed by atoms with van der Waals surface area (Å²) < 4.78 is 0. The van der Waals surface area contributed by atoms with Crippen molar-refractivity contribution in [3.8, 4) is 0 Å². The highest BCUT2D eigenvalue weighted by Gasteiger charge is 2.07. The monoisotopic (exact) mass is 205 g/mol. The second kappa shape index (κ2) is 4.13. The molecule has 0 aliphatic rings. The van der Waals surface area contributed by atoms with Gasteiger partial charge in [-0.05, 0) is 49.6 Å². The van der Waals surface area contributed by atoms with E-state index in [1.807, 2.05) is 20.8 Å². The van der Waals surface area contributed by atoms with E-state index in [2.05, 4.69) is 4.99 Å². The molecule has 0 heterocycles. The van der Waals surface area contributed by atoms with Crippen LogP contribution in [0.4, 0.5) is 0 Å². The lowest BCUT2D eigenvalue weighted by Gasteiger charge is -2.06. The Morgan fingerprint density at radius 3 is 2.00 bits per heavy atom. The summed E-state index contributed by atoms with van der Waals surface area (Å²) in [6.45, 7) is 5.92. The molecule has 0 radical (unpaired) electrons. The molecule has 0 saturated carbocycles. The number of nitrogens with two attached hydrogens (primary N) is 2. The molecule has 15 heavy (non-hydrogen) atoms. The Bertz CT molecular complexity index is 408. The van der Waals surface area contributed by atoms with E-state index < -0.39 is 5.91 Å². The molecule has 0 aliphatic heterocycles. The van der Waals surface area contributed by atoms with Crippen molar-refractivity contribution in [2.24, 2.45) is 16.5 Å². The number of hydrogen-bond donors (Lipinski definition) is 2. The van der Waals surface area contributed by atoms with E-state index in [1.165, 1.54) is 5.56 Å². The highest BCUT2D eigenvalue weighted by Crippen LogP contribution is 2.15. The summed E-state index contributed by atoms with van der Waals surface area (Å²) >= 11 is 0. The van der Waals surface area contributed by atoms with Crippen molar-refractivity contribution in [2.75, 3.05) is 0 Å². The van der Waals surface area contributed by atoms with Crippen LogP contribution in [-0.4, -0.2) is 11.9 Å². The van der Waals surface area contributed by atoms with Crippen LogP contribution in [0.2, 0.25) is 0 Å². The molecular formula is C11H15N3O. The van der Waals surface area contributed by atoms with Gasteiger partial charge in [0.05, 0.1) is 0 Å². The zero-order valence-corrected chi connectivity index (χ0v) is 9.16. The molecule has 1 aromatic carbocycles. The van der Waals surface area contributed by atoms with Gasteiger partial charge in [0.15, 0.2) is 5.96 Å². The molecule has 4 heteroatoms. The summed E-state index contributed by atoms with van der Waals surface area (Å²) in [6.07, 6.45) is 0. The third-order valence-electron chi connectivity index (χ3n) is 2.40. The lowest BCUT2D eigenvalue weighted by Crippen LogP contribution is -2.24. The molecule has 0 saturated heterocycles. The number of nitrogens with zero attached hydrogens (tertiary/aromatic N) is 1. The number of guanidine groups is 1. The van der Waals surface area contributed by atoms with Gasteiger partial charge in [-0.2, -0.15) is 4.99 Å². The van der Waals surface area contributed by atoms with Crippen LogP contribution in [0, 0.1) is 20.8 Å². The summed E-state index contributed by atoms with van der Waals surface area (Å²) in [7, 11) is 0. The molecule has 0 fully saturated rings. The van der Waals surface area contributed by atoms with E-state index in [-0.39, 0.29) is 5.96 Å². The molecule has 4 N–H and O–H groups in total. The van der Waals surface area contributed by atoms with Gasteiger partial charge in [-0.25, -0.2) is 0 Å². The molecule has 1 amide bonds.